The zero-order chi connectivity index (χ0) is 15.7. The molecule has 6 heteroatoms. The predicted molar refractivity (Wildman–Crippen MR) is 79.6 cm³/mol. The lowest BCUT2D eigenvalue weighted by Gasteiger charge is -2.20. The summed E-state index contributed by atoms with van der Waals surface area (Å²) in [4.78, 5) is 15.7. The molecule has 0 saturated heterocycles. The number of nitrogens with one attached hydrogen (secondary N) is 2. The Bertz CT molecular complexity index is 486. The van der Waals surface area contributed by atoms with Crippen LogP contribution < -0.4 is 15.4 Å². The number of amides is 1. The molecule has 1 rings (SSSR count). The minimum absolute atomic E-state index is 0.0400. The molecule has 1 aromatic rings. The summed E-state index contributed by atoms with van der Waals surface area (Å²) in [6, 6.07) is 5.60. The molecule has 0 aliphatic heterocycles. The average Bonchev–Trinajstić information content (AvgIpc) is 2.43. The summed E-state index contributed by atoms with van der Waals surface area (Å²) in [6.45, 7) is 7.22. The molecule has 0 fully saturated rings. The molecule has 21 heavy (non-hydrogen) atoms. The minimum Gasteiger partial charge on any atom is -0.482 e. The maximum absolute atomic E-state index is 11.4. The van der Waals surface area contributed by atoms with E-state index in [1.807, 2.05) is 12.1 Å². The number of pyridine rings is 1. The van der Waals surface area contributed by atoms with Gasteiger partial charge in [-0.05, 0) is 32.9 Å². The van der Waals surface area contributed by atoms with Gasteiger partial charge in [-0.1, -0.05) is 0 Å². The van der Waals surface area contributed by atoms with Crippen LogP contribution in [0.4, 0.5) is 0 Å². The van der Waals surface area contributed by atoms with Crippen LogP contribution in [-0.4, -0.2) is 29.6 Å². The molecule has 0 aromatic carbocycles. The highest BCUT2D eigenvalue weighted by Gasteiger charge is 2.09. The first-order valence-electron chi connectivity index (χ1n) is 6.87. The molecule has 6 nitrogen and oxygen atoms in total. The number of rotatable bonds is 7. The highest BCUT2D eigenvalue weighted by molar-refractivity contribution is 5.77. The Hall–Kier alpha value is -2.13. The molecule has 2 N–H and O–H groups in total. The zero-order valence-corrected chi connectivity index (χ0v) is 12.8. The Balaban J connectivity index is 2.34. The van der Waals surface area contributed by atoms with Crippen LogP contribution in [0.5, 0.6) is 5.75 Å². The molecule has 0 aliphatic carbocycles. The van der Waals surface area contributed by atoms with Gasteiger partial charge in [0.05, 0.1) is 24.4 Å². The summed E-state index contributed by atoms with van der Waals surface area (Å²) in [7, 11) is 0. The number of aromatic nitrogens is 1. The van der Waals surface area contributed by atoms with Crippen molar-refractivity contribution in [3.63, 3.8) is 0 Å². The van der Waals surface area contributed by atoms with Gasteiger partial charge in [0.1, 0.15) is 5.75 Å². The largest absolute Gasteiger partial charge is 0.482 e. The maximum atomic E-state index is 11.4. The average molecular weight is 290 g/mol. The molecule has 0 atom stereocenters. The van der Waals surface area contributed by atoms with E-state index in [9.17, 15) is 4.79 Å². The molecular formula is C15H22N4O2. The molecule has 114 valence electrons. The van der Waals surface area contributed by atoms with Crippen LogP contribution >= 0.6 is 0 Å². The third kappa shape index (κ3) is 7.90. The van der Waals surface area contributed by atoms with Crippen LogP contribution in [0.25, 0.3) is 0 Å². The fourth-order valence-electron chi connectivity index (χ4n) is 1.41. The third-order valence-electron chi connectivity index (χ3n) is 2.53. The summed E-state index contributed by atoms with van der Waals surface area (Å²) in [6.07, 6.45) is 1.89. The number of hydrogen-bond donors (Lipinski definition) is 2. The molecule has 0 aliphatic rings. The molecule has 0 radical (unpaired) electrons. The number of carbonyl (C=O) groups excluding carboxylic acids is 1. The standard InChI is InChI=1S/C15H22N4O2/c1-15(2,3)19-9-12-5-6-13(10-18-12)21-11-14(20)17-8-4-7-16/h5-6,10,19H,4,8-9,11H2,1-3H3,(H,17,20). The van der Waals surface area contributed by atoms with Crippen molar-refractivity contribution in [1.82, 2.24) is 15.6 Å². The number of nitrogens with zero attached hydrogens (tertiary/aromatic N) is 2. The van der Waals surface area contributed by atoms with Gasteiger partial charge in [-0.25, -0.2) is 0 Å². The van der Waals surface area contributed by atoms with Crippen LogP contribution in [0, 0.1) is 11.3 Å². The van der Waals surface area contributed by atoms with E-state index in [1.165, 1.54) is 0 Å². The van der Waals surface area contributed by atoms with Crippen LogP contribution in [0.1, 0.15) is 32.9 Å². The van der Waals surface area contributed by atoms with Crippen molar-refractivity contribution < 1.29 is 9.53 Å². The minimum atomic E-state index is -0.247. The van der Waals surface area contributed by atoms with Crippen LogP contribution in [0.3, 0.4) is 0 Å². The molecule has 1 amide bonds. The number of ether oxygens (including phenoxy) is 1. The number of nitriles is 1. The second kappa shape index (κ2) is 8.22. The van der Waals surface area contributed by atoms with Crippen molar-refractivity contribution in [3.05, 3.63) is 24.0 Å². The lowest BCUT2D eigenvalue weighted by Crippen LogP contribution is -2.35. The first-order valence-corrected chi connectivity index (χ1v) is 6.87. The highest BCUT2D eigenvalue weighted by Crippen LogP contribution is 2.10. The Kier molecular flexibility index (Phi) is 6.63. The SMILES string of the molecule is CC(C)(C)NCc1ccc(OCC(=O)NCCC#N)cn1. The van der Waals surface area contributed by atoms with Crippen molar-refractivity contribution in [3.8, 4) is 11.8 Å². The van der Waals surface area contributed by atoms with Gasteiger partial charge in [0, 0.05) is 18.6 Å². The Morgan fingerprint density at radius 1 is 1.43 bits per heavy atom. The molecule has 1 heterocycles. The molecule has 0 bridgehead atoms. The van der Waals surface area contributed by atoms with E-state index in [0.717, 1.165) is 5.69 Å². The van der Waals surface area contributed by atoms with E-state index >= 15 is 0 Å². The van der Waals surface area contributed by atoms with E-state index in [2.05, 4.69) is 36.4 Å². The van der Waals surface area contributed by atoms with Crippen LogP contribution in [-0.2, 0) is 11.3 Å². The lowest BCUT2D eigenvalue weighted by molar-refractivity contribution is -0.123. The van der Waals surface area contributed by atoms with Crippen LogP contribution in [0.2, 0.25) is 0 Å². The van der Waals surface area contributed by atoms with Crippen molar-refractivity contribution in [2.24, 2.45) is 0 Å². The second-order valence-electron chi connectivity index (χ2n) is 5.64. The summed E-state index contributed by atoms with van der Waals surface area (Å²) >= 11 is 0. The Morgan fingerprint density at radius 2 is 2.19 bits per heavy atom. The fourth-order valence-corrected chi connectivity index (χ4v) is 1.41. The zero-order valence-electron chi connectivity index (χ0n) is 12.8. The van der Waals surface area contributed by atoms with Gasteiger partial charge in [0.15, 0.2) is 6.61 Å². The molecule has 1 aromatic heterocycles. The summed E-state index contributed by atoms with van der Waals surface area (Å²) in [5, 5.41) is 14.3. The maximum Gasteiger partial charge on any atom is 0.257 e. The van der Waals surface area contributed by atoms with Gasteiger partial charge in [-0.3, -0.25) is 9.78 Å². The lowest BCUT2D eigenvalue weighted by atomic mass is 10.1. The van der Waals surface area contributed by atoms with Crippen molar-refractivity contribution >= 4 is 5.91 Å². The predicted octanol–water partition coefficient (Wildman–Crippen LogP) is 1.38. The first-order chi connectivity index (χ1) is 9.90. The van der Waals surface area contributed by atoms with E-state index < -0.39 is 0 Å². The van der Waals surface area contributed by atoms with Gasteiger partial charge in [0.25, 0.3) is 5.91 Å². The van der Waals surface area contributed by atoms with Crippen molar-refractivity contribution in [2.45, 2.75) is 39.3 Å². The topological polar surface area (TPSA) is 87.0 Å². The van der Waals surface area contributed by atoms with Gasteiger partial charge >= 0.3 is 0 Å². The van der Waals surface area contributed by atoms with Crippen molar-refractivity contribution in [1.29, 1.82) is 5.26 Å². The normalized spacial score (nSPS) is 10.8. The summed E-state index contributed by atoms with van der Waals surface area (Å²) < 4.78 is 5.32. The smallest absolute Gasteiger partial charge is 0.257 e. The summed E-state index contributed by atoms with van der Waals surface area (Å²) in [5.74, 6) is 0.300. The fraction of sp³-hybridized carbons (Fsp3) is 0.533. The van der Waals surface area contributed by atoms with E-state index in [-0.39, 0.29) is 18.1 Å². The van der Waals surface area contributed by atoms with Gasteiger partial charge < -0.3 is 15.4 Å². The monoisotopic (exact) mass is 290 g/mol. The Labute approximate surface area is 125 Å². The molecule has 0 unspecified atom stereocenters. The highest BCUT2D eigenvalue weighted by atomic mass is 16.5. The third-order valence-corrected chi connectivity index (χ3v) is 2.53. The quantitative estimate of drug-likeness (QED) is 0.741. The molecule has 0 saturated carbocycles. The Morgan fingerprint density at radius 3 is 2.76 bits per heavy atom. The van der Waals surface area contributed by atoms with Crippen molar-refractivity contribution in [2.75, 3.05) is 13.2 Å². The molecule has 0 spiro atoms. The van der Waals surface area contributed by atoms with E-state index in [0.29, 0.717) is 25.3 Å². The second-order valence-corrected chi connectivity index (χ2v) is 5.64. The van der Waals surface area contributed by atoms with Gasteiger partial charge in [0.2, 0.25) is 0 Å². The van der Waals surface area contributed by atoms with Gasteiger partial charge in [-0.2, -0.15) is 5.26 Å². The van der Waals surface area contributed by atoms with E-state index in [4.69, 9.17) is 10.00 Å². The first kappa shape index (κ1) is 16.9. The summed E-state index contributed by atoms with van der Waals surface area (Å²) in [5.41, 5.74) is 0.953. The van der Waals surface area contributed by atoms with Gasteiger partial charge in [-0.15, -0.1) is 0 Å². The number of carbonyl (C=O) groups is 1. The molecular weight excluding hydrogens is 268 g/mol. The number of hydrogen-bond acceptors (Lipinski definition) is 5. The van der Waals surface area contributed by atoms with Crippen LogP contribution in [0.15, 0.2) is 18.3 Å². The van der Waals surface area contributed by atoms with E-state index in [1.54, 1.807) is 12.3 Å².